The van der Waals surface area contributed by atoms with Crippen molar-refractivity contribution in [2.24, 2.45) is 49.4 Å². The third-order valence-electron chi connectivity index (χ3n) is 11.3. The average molecular weight is 1160 g/mol. The number of rotatable bonds is 32. The molecule has 0 heterocycles. The number of nitrogens with zero attached hydrogens (tertiary/aromatic N) is 3. The van der Waals surface area contributed by atoms with Crippen molar-refractivity contribution in [2.75, 3.05) is 39.5 Å². The number of aliphatic carboxylic acids is 1. The minimum Gasteiger partial charge on any atom is -0.504 e. The molecule has 0 aliphatic carbocycles. The molecule has 82 heavy (non-hydrogen) atoms. The van der Waals surface area contributed by atoms with Gasteiger partial charge in [-0.1, -0.05) is 18.2 Å². The predicted octanol–water partition coefficient (Wildman–Crippen LogP) is -5.61. The summed E-state index contributed by atoms with van der Waals surface area (Å²) in [4.78, 5) is 133. The zero-order valence-electron chi connectivity index (χ0n) is 43.5. The van der Waals surface area contributed by atoms with E-state index >= 15 is 0 Å². The van der Waals surface area contributed by atoms with Crippen LogP contribution in [-0.4, -0.2) is 188 Å². The number of aliphatic imine (C=N–C) groups is 3. The summed E-state index contributed by atoms with van der Waals surface area (Å²) >= 11 is 0. The zero-order valence-corrected chi connectivity index (χ0v) is 43.5. The second-order valence-corrected chi connectivity index (χ2v) is 17.4. The van der Waals surface area contributed by atoms with Crippen molar-refractivity contribution in [1.29, 1.82) is 0 Å². The number of esters is 2. The number of carbonyl (C=O) groups excluding carboxylic acids is 8. The Morgan fingerprint density at radius 1 is 0.427 bits per heavy atom. The van der Waals surface area contributed by atoms with Crippen molar-refractivity contribution in [1.82, 2.24) is 31.9 Å². The molecule has 34 heteroatoms. The van der Waals surface area contributed by atoms with E-state index in [1.54, 1.807) is 0 Å². The summed E-state index contributed by atoms with van der Waals surface area (Å²) in [5, 5.41) is 94.6. The van der Waals surface area contributed by atoms with Crippen molar-refractivity contribution >= 4 is 71.2 Å². The van der Waals surface area contributed by atoms with Crippen molar-refractivity contribution in [3.05, 3.63) is 71.3 Å². The number of phenolic OH excluding ortho intramolecular Hbond substituents is 6. The van der Waals surface area contributed by atoms with E-state index in [1.807, 2.05) is 0 Å². The molecule has 3 aromatic rings. The summed E-state index contributed by atoms with van der Waals surface area (Å²) in [5.41, 5.74) is 30.8. The number of aromatic hydroxyl groups is 6. The second-order valence-electron chi connectivity index (χ2n) is 17.4. The molecule has 0 aliphatic rings. The van der Waals surface area contributed by atoms with Gasteiger partial charge < -0.3 is 117 Å². The largest absolute Gasteiger partial charge is 0.504 e. The van der Waals surface area contributed by atoms with Gasteiger partial charge >= 0.3 is 17.9 Å². The standard InChI is InChI=1S/C48H65N15O19/c49-46(50)55-16-4-10-25(58-37(71)22-7-1-13-31(65)34(22)68)40(74)61-28(19-64)44(79)82-21-30(63-42(76)27(12-6-18-57-48(53)54)60-39(73)24-9-3-15-33(67)36(24)70)45(80)81-20-29(43(77)78)62-41(75)26(11-5-17-56-47(51)52)59-38(72)23-8-2-14-32(66)35(23)69/h1-3,7-9,13-15,25-30,64-70H,4-6,10-12,16-21H2,(H,58,71)(H,59,72)(H,60,73)(H,61,74)(H,62,75)(H,63,76)(H,77,78)(H4,49,50,55)(H4,51,52,56)(H4,53,54,57)/t25-,26-,27-,28+,29?,30+/m1/s1. The number of phenols is 6. The molecule has 3 aromatic carbocycles. The Balaban J connectivity index is 1.97. The number of nitrogens with two attached hydrogens (primary N) is 6. The van der Waals surface area contributed by atoms with Gasteiger partial charge in [0.1, 0.15) is 31.3 Å². The number of nitrogens with one attached hydrogen (secondary N) is 6. The van der Waals surface area contributed by atoms with Gasteiger partial charge in [-0.15, -0.1) is 0 Å². The fraction of sp³-hybridized carbons (Fsp3) is 0.375. The van der Waals surface area contributed by atoms with Crippen molar-refractivity contribution in [2.45, 2.75) is 74.8 Å². The molecule has 26 N–H and O–H groups in total. The molecular weight excluding hydrogens is 1090 g/mol. The molecule has 0 saturated heterocycles. The van der Waals surface area contributed by atoms with Gasteiger partial charge in [-0.2, -0.15) is 0 Å². The van der Waals surface area contributed by atoms with Crippen LogP contribution >= 0.6 is 0 Å². The number of carboxylic acid groups (broad SMARTS) is 1. The van der Waals surface area contributed by atoms with Gasteiger partial charge in [-0.25, -0.2) is 14.4 Å². The Morgan fingerprint density at radius 2 is 0.720 bits per heavy atom. The van der Waals surface area contributed by atoms with Gasteiger partial charge in [0.25, 0.3) is 17.7 Å². The number of hydrogen-bond acceptors (Lipinski definition) is 21. The lowest BCUT2D eigenvalue weighted by Crippen LogP contribution is -2.56. The molecule has 1 unspecified atom stereocenters. The summed E-state index contributed by atoms with van der Waals surface area (Å²) in [6.07, 6.45) is -0.900. The average Bonchev–Trinajstić information content (AvgIpc) is 3.49. The SMILES string of the molecule is NC(N)=NCCC[C@@H](NC(=O)c1cccc(O)c1O)C(=O)NC(COC(=O)[C@H](COC(=O)[C@H](CO)NC(=O)[C@@H](CCCN=C(N)N)NC(=O)c1cccc(O)c1O)NC(=O)[C@@H](CCCN=C(N)N)NC(=O)c1cccc(O)c1O)C(=O)O. The van der Waals surface area contributed by atoms with Gasteiger partial charge in [0.15, 0.2) is 70.5 Å². The molecule has 3 rings (SSSR count). The molecular formula is C48H65N15O19. The number of guanidine groups is 3. The van der Waals surface area contributed by atoms with Gasteiger partial charge in [-0.3, -0.25) is 43.7 Å². The Bertz CT molecular complexity index is 2880. The van der Waals surface area contributed by atoms with E-state index in [0.717, 1.165) is 36.4 Å². The normalized spacial score (nSPS) is 12.8. The van der Waals surface area contributed by atoms with E-state index in [4.69, 9.17) is 43.9 Å². The minimum atomic E-state index is -2.20. The molecule has 0 spiro atoms. The van der Waals surface area contributed by atoms with Crippen LogP contribution in [0.1, 0.15) is 69.6 Å². The van der Waals surface area contributed by atoms with Crippen LogP contribution in [0.5, 0.6) is 34.5 Å². The van der Waals surface area contributed by atoms with Crippen LogP contribution in [-0.2, 0) is 38.2 Å². The predicted molar refractivity (Wildman–Crippen MR) is 285 cm³/mol. The number of para-hydroxylation sites is 3. The summed E-state index contributed by atoms with van der Waals surface area (Å²) in [6.45, 7) is -4.02. The maximum absolute atomic E-state index is 14.1. The maximum Gasteiger partial charge on any atom is 0.332 e. The highest BCUT2D eigenvalue weighted by Crippen LogP contribution is 2.30. The molecule has 0 bridgehead atoms. The Labute approximate surface area is 465 Å². The molecule has 34 nitrogen and oxygen atoms in total. The van der Waals surface area contributed by atoms with Crippen molar-refractivity contribution in [3.63, 3.8) is 0 Å². The Kier molecular flexibility index (Phi) is 26.0. The van der Waals surface area contributed by atoms with E-state index in [0.29, 0.717) is 0 Å². The fourth-order valence-corrected chi connectivity index (χ4v) is 7.04. The lowest BCUT2D eigenvalue weighted by molar-refractivity contribution is -0.158. The number of aliphatic hydroxyl groups excluding tert-OH is 1. The highest BCUT2D eigenvalue weighted by molar-refractivity contribution is 6.02. The molecule has 0 aliphatic heterocycles. The smallest absolute Gasteiger partial charge is 0.332 e. The monoisotopic (exact) mass is 1160 g/mol. The number of hydrogen-bond donors (Lipinski definition) is 20. The quantitative estimate of drug-likeness (QED) is 0.00911. The molecule has 0 aromatic heterocycles. The Morgan fingerprint density at radius 3 is 1.02 bits per heavy atom. The zero-order chi connectivity index (χ0) is 61.2. The molecule has 0 saturated carbocycles. The first kappa shape index (κ1) is 65.7. The molecule has 0 fully saturated rings. The van der Waals surface area contributed by atoms with Crippen LogP contribution in [0.25, 0.3) is 0 Å². The Hall–Kier alpha value is -10.5. The van der Waals surface area contributed by atoms with E-state index in [-0.39, 0.29) is 76.0 Å². The van der Waals surface area contributed by atoms with Gasteiger partial charge in [0.2, 0.25) is 17.7 Å². The molecule has 0 radical (unpaired) electrons. The lowest BCUT2D eigenvalue weighted by Gasteiger charge is -2.25. The summed E-state index contributed by atoms with van der Waals surface area (Å²) in [5.74, 6) is -17.5. The third-order valence-corrected chi connectivity index (χ3v) is 11.3. The first-order chi connectivity index (χ1) is 38.7. The topological polar surface area (TPSA) is 599 Å². The van der Waals surface area contributed by atoms with E-state index in [1.165, 1.54) is 18.2 Å². The second kappa shape index (κ2) is 32.4. The number of carbonyl (C=O) groups is 9. The maximum atomic E-state index is 14.1. The van der Waals surface area contributed by atoms with Crippen LogP contribution in [0.15, 0.2) is 69.6 Å². The molecule has 446 valence electrons. The highest BCUT2D eigenvalue weighted by atomic mass is 16.6. The molecule has 6 amide bonds. The molecule has 6 atom stereocenters. The number of amides is 6. The van der Waals surface area contributed by atoms with E-state index in [9.17, 15) is 84.0 Å². The number of benzene rings is 3. The number of ether oxygens (including phenoxy) is 2. The van der Waals surface area contributed by atoms with Crippen LogP contribution < -0.4 is 66.3 Å². The minimum absolute atomic E-state index is 0.00966. The van der Waals surface area contributed by atoms with Crippen LogP contribution in [0, 0.1) is 0 Å². The van der Waals surface area contributed by atoms with Gasteiger partial charge in [0, 0.05) is 19.6 Å². The van der Waals surface area contributed by atoms with Gasteiger partial charge in [-0.05, 0) is 74.9 Å². The first-order valence-corrected chi connectivity index (χ1v) is 24.5. The highest BCUT2D eigenvalue weighted by Gasteiger charge is 2.35. The van der Waals surface area contributed by atoms with Crippen LogP contribution in [0.4, 0.5) is 0 Å². The summed E-state index contributed by atoms with van der Waals surface area (Å²) < 4.78 is 10.5. The first-order valence-electron chi connectivity index (χ1n) is 24.5. The van der Waals surface area contributed by atoms with E-state index < -0.39 is 161 Å². The van der Waals surface area contributed by atoms with Crippen LogP contribution in [0.3, 0.4) is 0 Å². The van der Waals surface area contributed by atoms with Crippen molar-refractivity contribution in [3.8, 4) is 34.5 Å². The fourth-order valence-electron chi connectivity index (χ4n) is 7.04. The van der Waals surface area contributed by atoms with E-state index in [2.05, 4.69) is 46.9 Å². The van der Waals surface area contributed by atoms with Crippen molar-refractivity contribution < 1.29 is 93.5 Å². The number of aliphatic hydroxyl groups is 1. The van der Waals surface area contributed by atoms with Gasteiger partial charge in [0.05, 0.1) is 23.3 Å². The van der Waals surface area contributed by atoms with Crippen LogP contribution in [0.2, 0.25) is 0 Å². The number of carboxylic acids is 1. The third kappa shape index (κ3) is 21.0. The summed E-state index contributed by atoms with van der Waals surface area (Å²) in [6, 6.07) is -1.15. The summed E-state index contributed by atoms with van der Waals surface area (Å²) in [7, 11) is 0. The lowest BCUT2D eigenvalue weighted by atomic mass is 10.1.